The number of aryl methyl sites for hydroxylation is 1. The predicted octanol–water partition coefficient (Wildman–Crippen LogP) is 1.19. The molecule has 0 aromatic carbocycles. The van der Waals surface area contributed by atoms with Crippen LogP contribution in [0.15, 0.2) is 18.5 Å². The number of nitrogens with one attached hydrogen (secondary N) is 1. The first kappa shape index (κ1) is 14.7. The maximum absolute atomic E-state index is 11.6. The lowest BCUT2D eigenvalue weighted by Crippen LogP contribution is -2.30. The van der Waals surface area contributed by atoms with Crippen molar-refractivity contribution in [3.05, 3.63) is 18.5 Å². The Balaban J connectivity index is 2.18. The molecule has 1 aromatic heterocycles. The second-order valence-electron chi connectivity index (χ2n) is 4.49. The third-order valence-electron chi connectivity index (χ3n) is 2.95. The van der Waals surface area contributed by atoms with Crippen molar-refractivity contribution < 1.29 is 9.90 Å². The number of hydrogen-bond donors (Lipinski definition) is 2. The summed E-state index contributed by atoms with van der Waals surface area (Å²) >= 11 is 0. The summed E-state index contributed by atoms with van der Waals surface area (Å²) in [7, 11) is 0. The zero-order chi connectivity index (χ0) is 13.2. The average Bonchev–Trinajstić information content (AvgIpc) is 2.87. The van der Waals surface area contributed by atoms with Crippen LogP contribution in [0.3, 0.4) is 0 Å². The topological polar surface area (TPSA) is 67.2 Å². The molecule has 2 N–H and O–H groups in total. The van der Waals surface area contributed by atoms with Crippen molar-refractivity contribution in [2.24, 2.45) is 5.92 Å². The van der Waals surface area contributed by atoms with E-state index < -0.39 is 0 Å². The second kappa shape index (κ2) is 8.69. The Labute approximate surface area is 108 Å². The van der Waals surface area contributed by atoms with Crippen molar-refractivity contribution >= 4 is 5.91 Å². The van der Waals surface area contributed by atoms with E-state index in [0.717, 1.165) is 19.3 Å². The summed E-state index contributed by atoms with van der Waals surface area (Å²) < 4.78 is 1.75. The van der Waals surface area contributed by atoms with Crippen LogP contribution in [0.4, 0.5) is 0 Å². The molecule has 0 spiro atoms. The first-order valence-corrected chi connectivity index (χ1v) is 6.61. The molecule has 0 saturated carbocycles. The summed E-state index contributed by atoms with van der Waals surface area (Å²) in [6, 6.07) is 1.84. The smallest absolute Gasteiger partial charge is 0.221 e. The highest BCUT2D eigenvalue weighted by Crippen LogP contribution is 2.09. The van der Waals surface area contributed by atoms with E-state index in [0.29, 0.717) is 25.4 Å². The number of amides is 1. The first-order valence-electron chi connectivity index (χ1n) is 6.61. The van der Waals surface area contributed by atoms with Crippen LogP contribution in [0.2, 0.25) is 0 Å². The van der Waals surface area contributed by atoms with Crippen LogP contribution in [0, 0.1) is 5.92 Å². The fourth-order valence-electron chi connectivity index (χ4n) is 1.93. The van der Waals surface area contributed by atoms with Gasteiger partial charge in [0.15, 0.2) is 0 Å². The Morgan fingerprint density at radius 2 is 2.33 bits per heavy atom. The van der Waals surface area contributed by atoms with Gasteiger partial charge in [-0.25, -0.2) is 0 Å². The minimum Gasteiger partial charge on any atom is -0.396 e. The minimum absolute atomic E-state index is 0.0459. The number of hydrogen-bond acceptors (Lipinski definition) is 3. The summed E-state index contributed by atoms with van der Waals surface area (Å²) in [5.41, 5.74) is 0. The number of aliphatic hydroxyl groups excluding tert-OH is 1. The molecule has 0 aliphatic rings. The molecule has 0 aliphatic carbocycles. The van der Waals surface area contributed by atoms with Gasteiger partial charge in [0.1, 0.15) is 0 Å². The van der Waals surface area contributed by atoms with Crippen LogP contribution < -0.4 is 5.32 Å². The third kappa shape index (κ3) is 5.82. The SMILES string of the molecule is CCCC(CCO)CNC(=O)CCn1cccn1. The van der Waals surface area contributed by atoms with E-state index in [1.165, 1.54) is 0 Å². The van der Waals surface area contributed by atoms with Crippen molar-refractivity contribution in [2.75, 3.05) is 13.2 Å². The van der Waals surface area contributed by atoms with E-state index >= 15 is 0 Å². The van der Waals surface area contributed by atoms with Gasteiger partial charge in [-0.1, -0.05) is 13.3 Å². The van der Waals surface area contributed by atoms with Crippen molar-refractivity contribution in [3.8, 4) is 0 Å². The molecule has 0 aliphatic heterocycles. The molecular weight excluding hydrogens is 230 g/mol. The highest BCUT2D eigenvalue weighted by Gasteiger charge is 2.09. The molecule has 0 fully saturated rings. The molecule has 0 radical (unpaired) electrons. The zero-order valence-electron chi connectivity index (χ0n) is 11.0. The molecule has 5 nitrogen and oxygen atoms in total. The number of carbonyl (C=O) groups excluding carboxylic acids is 1. The Kier molecular flexibility index (Phi) is 7.10. The van der Waals surface area contributed by atoms with Gasteiger partial charge in [-0.3, -0.25) is 9.48 Å². The van der Waals surface area contributed by atoms with Gasteiger partial charge in [0.2, 0.25) is 5.91 Å². The predicted molar refractivity (Wildman–Crippen MR) is 70.0 cm³/mol. The normalized spacial score (nSPS) is 12.3. The van der Waals surface area contributed by atoms with Crippen molar-refractivity contribution in [3.63, 3.8) is 0 Å². The zero-order valence-corrected chi connectivity index (χ0v) is 11.0. The molecule has 18 heavy (non-hydrogen) atoms. The summed E-state index contributed by atoms with van der Waals surface area (Å²) in [5.74, 6) is 0.429. The number of aromatic nitrogens is 2. The summed E-state index contributed by atoms with van der Waals surface area (Å²) in [6.45, 7) is 3.57. The minimum atomic E-state index is 0.0459. The van der Waals surface area contributed by atoms with Gasteiger partial charge in [-0.15, -0.1) is 0 Å². The van der Waals surface area contributed by atoms with E-state index in [-0.39, 0.29) is 12.5 Å². The third-order valence-corrected chi connectivity index (χ3v) is 2.95. The molecule has 0 bridgehead atoms. The molecule has 5 heteroatoms. The van der Waals surface area contributed by atoms with Crippen molar-refractivity contribution in [1.82, 2.24) is 15.1 Å². The molecule has 1 aromatic rings. The highest BCUT2D eigenvalue weighted by molar-refractivity contribution is 5.75. The fraction of sp³-hybridized carbons (Fsp3) is 0.692. The van der Waals surface area contributed by atoms with Gasteiger partial charge in [-0.05, 0) is 24.8 Å². The molecule has 1 heterocycles. The summed E-state index contributed by atoms with van der Waals surface area (Å²) in [5, 5.41) is 15.9. The monoisotopic (exact) mass is 253 g/mol. The van der Waals surface area contributed by atoms with Crippen LogP contribution in [-0.2, 0) is 11.3 Å². The molecule has 1 atom stereocenters. The lowest BCUT2D eigenvalue weighted by Gasteiger charge is -2.15. The van der Waals surface area contributed by atoms with Gasteiger partial charge in [0, 0.05) is 38.5 Å². The maximum Gasteiger partial charge on any atom is 0.221 e. The first-order chi connectivity index (χ1) is 8.76. The number of nitrogens with zero attached hydrogens (tertiary/aromatic N) is 2. The molecule has 1 amide bonds. The molecular formula is C13H23N3O2. The van der Waals surface area contributed by atoms with Crippen LogP contribution in [0.1, 0.15) is 32.6 Å². The molecule has 0 saturated heterocycles. The number of rotatable bonds is 9. The Hall–Kier alpha value is -1.36. The summed E-state index contributed by atoms with van der Waals surface area (Å²) in [6.07, 6.45) is 6.87. The Bertz CT molecular complexity index is 319. The molecule has 1 rings (SSSR count). The number of carbonyl (C=O) groups is 1. The Morgan fingerprint density at radius 3 is 2.94 bits per heavy atom. The standard InChI is InChI=1S/C13H23N3O2/c1-2-4-12(6-10-17)11-14-13(18)5-9-16-8-3-7-15-16/h3,7-8,12,17H,2,4-6,9-11H2,1H3,(H,14,18). The highest BCUT2D eigenvalue weighted by atomic mass is 16.3. The lowest BCUT2D eigenvalue weighted by molar-refractivity contribution is -0.121. The maximum atomic E-state index is 11.6. The second-order valence-corrected chi connectivity index (χ2v) is 4.49. The van der Waals surface area contributed by atoms with Gasteiger partial charge in [0.05, 0.1) is 0 Å². The van der Waals surface area contributed by atoms with Crippen LogP contribution in [0.5, 0.6) is 0 Å². The summed E-state index contributed by atoms with van der Waals surface area (Å²) in [4.78, 5) is 11.6. The van der Waals surface area contributed by atoms with Crippen molar-refractivity contribution in [1.29, 1.82) is 0 Å². The molecule has 1 unspecified atom stereocenters. The quantitative estimate of drug-likeness (QED) is 0.694. The van der Waals surface area contributed by atoms with Gasteiger partial charge in [0.25, 0.3) is 0 Å². The van der Waals surface area contributed by atoms with Crippen molar-refractivity contribution in [2.45, 2.75) is 39.2 Å². The van der Waals surface area contributed by atoms with E-state index in [2.05, 4.69) is 17.3 Å². The lowest BCUT2D eigenvalue weighted by atomic mass is 10.0. The van der Waals surface area contributed by atoms with E-state index in [1.54, 1.807) is 10.9 Å². The molecule has 102 valence electrons. The van der Waals surface area contributed by atoms with Gasteiger partial charge < -0.3 is 10.4 Å². The van der Waals surface area contributed by atoms with E-state index in [1.807, 2.05) is 12.3 Å². The van der Waals surface area contributed by atoms with Gasteiger partial charge in [-0.2, -0.15) is 5.10 Å². The van der Waals surface area contributed by atoms with E-state index in [9.17, 15) is 4.79 Å². The fourth-order valence-corrected chi connectivity index (χ4v) is 1.93. The largest absolute Gasteiger partial charge is 0.396 e. The van der Waals surface area contributed by atoms with E-state index in [4.69, 9.17) is 5.11 Å². The Morgan fingerprint density at radius 1 is 1.50 bits per heavy atom. The van der Waals surface area contributed by atoms with Crippen LogP contribution >= 0.6 is 0 Å². The van der Waals surface area contributed by atoms with Crippen LogP contribution in [-0.4, -0.2) is 33.9 Å². The number of aliphatic hydroxyl groups is 1. The average molecular weight is 253 g/mol. The van der Waals surface area contributed by atoms with Crippen LogP contribution in [0.25, 0.3) is 0 Å². The van der Waals surface area contributed by atoms with Gasteiger partial charge >= 0.3 is 0 Å².